The molecule has 3 heterocycles. The number of ether oxygens (including phenoxy) is 3. The summed E-state index contributed by atoms with van der Waals surface area (Å²) < 4.78 is 17.2. The van der Waals surface area contributed by atoms with Crippen molar-refractivity contribution < 1.29 is 28.6 Å². The van der Waals surface area contributed by atoms with E-state index in [1.807, 2.05) is 6.92 Å². The molecule has 2 fully saturated rings. The van der Waals surface area contributed by atoms with Crippen molar-refractivity contribution in [2.45, 2.75) is 58.3 Å². The Morgan fingerprint density at radius 1 is 1.42 bits per heavy atom. The molecule has 3 aliphatic rings. The Morgan fingerprint density at radius 3 is 2.77 bits per heavy atom. The van der Waals surface area contributed by atoms with Crippen molar-refractivity contribution in [1.82, 2.24) is 0 Å². The SMILES string of the molecule is C=C1C(=O)O[C@@H]2C[C@@H](C)C3=CC(=O)[C@](C)(C[C@@H](OC(=O)/C(C)=C\C)[C@@H]12)O3. The fourth-order valence-electron chi connectivity index (χ4n) is 3.75. The molecule has 0 amide bonds. The van der Waals surface area contributed by atoms with Gasteiger partial charge in [0.05, 0.1) is 5.92 Å². The normalized spacial score (nSPS) is 37.0. The average Bonchev–Trinajstić information content (AvgIpc) is 3.03. The van der Waals surface area contributed by atoms with Crippen LogP contribution in [0.3, 0.4) is 0 Å². The predicted molar refractivity (Wildman–Crippen MR) is 92.8 cm³/mol. The van der Waals surface area contributed by atoms with Crippen molar-refractivity contribution in [2.75, 3.05) is 0 Å². The quantitative estimate of drug-likeness (QED) is 0.556. The van der Waals surface area contributed by atoms with Gasteiger partial charge in [0.1, 0.15) is 18.0 Å². The van der Waals surface area contributed by atoms with Crippen LogP contribution in [0.1, 0.15) is 40.5 Å². The molecule has 0 aromatic rings. The summed E-state index contributed by atoms with van der Waals surface area (Å²) in [6.07, 6.45) is 2.57. The topological polar surface area (TPSA) is 78.9 Å². The summed E-state index contributed by atoms with van der Waals surface area (Å²) in [6.45, 7) is 10.9. The maximum Gasteiger partial charge on any atom is 0.334 e. The molecule has 0 spiro atoms. The Morgan fingerprint density at radius 2 is 2.12 bits per heavy atom. The minimum absolute atomic E-state index is 0.0984. The highest BCUT2D eigenvalue weighted by Gasteiger charge is 2.53. The molecule has 26 heavy (non-hydrogen) atoms. The number of rotatable bonds is 2. The van der Waals surface area contributed by atoms with Gasteiger partial charge in [-0.05, 0) is 27.2 Å². The Labute approximate surface area is 152 Å². The second kappa shape index (κ2) is 6.41. The lowest BCUT2D eigenvalue weighted by Gasteiger charge is -2.31. The van der Waals surface area contributed by atoms with Gasteiger partial charge in [-0.15, -0.1) is 0 Å². The highest BCUT2D eigenvalue weighted by molar-refractivity contribution is 5.99. The molecule has 5 atom stereocenters. The van der Waals surface area contributed by atoms with Crippen LogP contribution < -0.4 is 0 Å². The summed E-state index contributed by atoms with van der Waals surface area (Å²) in [4.78, 5) is 37.0. The van der Waals surface area contributed by atoms with Crippen molar-refractivity contribution >= 4 is 17.7 Å². The molecule has 0 unspecified atom stereocenters. The molecule has 3 rings (SSSR count). The van der Waals surface area contributed by atoms with Gasteiger partial charge >= 0.3 is 11.9 Å². The van der Waals surface area contributed by atoms with Crippen LogP contribution in [-0.2, 0) is 28.6 Å². The summed E-state index contributed by atoms with van der Waals surface area (Å²) >= 11 is 0. The highest BCUT2D eigenvalue weighted by Crippen LogP contribution is 2.44. The number of hydrogen-bond donors (Lipinski definition) is 0. The highest BCUT2D eigenvalue weighted by atomic mass is 16.6. The van der Waals surface area contributed by atoms with E-state index in [1.165, 1.54) is 6.08 Å². The molecular weight excluding hydrogens is 336 g/mol. The Bertz CT molecular complexity index is 745. The second-order valence-corrected chi connectivity index (χ2v) is 7.49. The van der Waals surface area contributed by atoms with Crippen LogP contribution in [0.4, 0.5) is 0 Å². The molecule has 0 radical (unpaired) electrons. The third-order valence-corrected chi connectivity index (χ3v) is 5.54. The molecule has 6 nitrogen and oxygen atoms in total. The number of hydrogen-bond acceptors (Lipinski definition) is 6. The number of ketones is 1. The van der Waals surface area contributed by atoms with Gasteiger partial charge in [-0.25, -0.2) is 9.59 Å². The van der Waals surface area contributed by atoms with Crippen LogP contribution in [0.5, 0.6) is 0 Å². The van der Waals surface area contributed by atoms with E-state index in [4.69, 9.17) is 14.2 Å². The van der Waals surface area contributed by atoms with Gasteiger partial charge in [0, 0.05) is 29.6 Å². The van der Waals surface area contributed by atoms with Crippen LogP contribution >= 0.6 is 0 Å². The summed E-state index contributed by atoms with van der Waals surface area (Å²) in [7, 11) is 0. The molecule has 2 saturated heterocycles. The lowest BCUT2D eigenvalue weighted by atomic mass is 9.80. The van der Waals surface area contributed by atoms with Gasteiger partial charge in [-0.3, -0.25) is 4.79 Å². The summed E-state index contributed by atoms with van der Waals surface area (Å²) in [6, 6.07) is 0. The van der Waals surface area contributed by atoms with E-state index in [0.717, 1.165) is 0 Å². The van der Waals surface area contributed by atoms with Gasteiger partial charge in [0.2, 0.25) is 5.78 Å². The van der Waals surface area contributed by atoms with Crippen LogP contribution in [0.25, 0.3) is 0 Å². The third kappa shape index (κ3) is 2.97. The zero-order valence-electron chi connectivity index (χ0n) is 15.5. The molecule has 0 aliphatic carbocycles. The number of fused-ring (bicyclic) bond motifs is 3. The lowest BCUT2D eigenvalue weighted by molar-refractivity contribution is -0.153. The average molecular weight is 360 g/mol. The zero-order valence-corrected chi connectivity index (χ0v) is 15.5. The summed E-state index contributed by atoms with van der Waals surface area (Å²) in [5, 5.41) is 0. The van der Waals surface area contributed by atoms with Crippen LogP contribution in [-0.4, -0.2) is 35.5 Å². The first-order valence-corrected chi connectivity index (χ1v) is 8.85. The Hall–Kier alpha value is -2.37. The minimum atomic E-state index is -1.13. The second-order valence-electron chi connectivity index (χ2n) is 7.49. The number of carbonyl (C=O) groups is 3. The van der Waals surface area contributed by atoms with Crippen LogP contribution in [0.15, 0.2) is 35.6 Å². The fraction of sp³-hybridized carbons (Fsp3) is 0.550. The first-order valence-electron chi connectivity index (χ1n) is 8.85. The molecule has 0 N–H and O–H groups in total. The van der Waals surface area contributed by atoms with Crippen LogP contribution in [0, 0.1) is 11.8 Å². The Kier molecular flexibility index (Phi) is 4.54. The molecule has 3 aliphatic heterocycles. The first-order chi connectivity index (χ1) is 12.2. The van der Waals surface area contributed by atoms with Crippen molar-refractivity contribution in [1.29, 1.82) is 0 Å². The third-order valence-electron chi connectivity index (χ3n) is 5.54. The van der Waals surface area contributed by atoms with Gasteiger partial charge < -0.3 is 14.2 Å². The summed E-state index contributed by atoms with van der Waals surface area (Å²) in [5.41, 5.74) is -0.395. The van der Waals surface area contributed by atoms with E-state index in [2.05, 4.69) is 6.58 Å². The predicted octanol–water partition coefficient (Wildman–Crippen LogP) is 2.63. The molecule has 0 aromatic carbocycles. The fourth-order valence-corrected chi connectivity index (χ4v) is 3.75. The van der Waals surface area contributed by atoms with Gasteiger partial charge in [-0.2, -0.15) is 0 Å². The summed E-state index contributed by atoms with van der Waals surface area (Å²) in [5.74, 6) is -1.13. The van der Waals surface area contributed by atoms with Gasteiger partial charge in [-0.1, -0.05) is 19.6 Å². The largest absolute Gasteiger partial charge is 0.483 e. The van der Waals surface area contributed by atoms with Crippen molar-refractivity contribution in [3.63, 3.8) is 0 Å². The smallest absolute Gasteiger partial charge is 0.334 e. The van der Waals surface area contributed by atoms with E-state index < -0.39 is 35.7 Å². The minimum Gasteiger partial charge on any atom is -0.483 e. The molecule has 140 valence electrons. The number of carbonyl (C=O) groups excluding carboxylic acids is 3. The number of esters is 2. The molecule has 2 bridgehead atoms. The zero-order chi connectivity index (χ0) is 19.2. The number of allylic oxidation sites excluding steroid dienone is 2. The van der Waals surface area contributed by atoms with E-state index in [9.17, 15) is 14.4 Å². The van der Waals surface area contributed by atoms with E-state index in [1.54, 1.807) is 26.8 Å². The van der Waals surface area contributed by atoms with E-state index in [-0.39, 0.29) is 23.7 Å². The van der Waals surface area contributed by atoms with Crippen molar-refractivity contribution in [3.8, 4) is 0 Å². The maximum absolute atomic E-state index is 12.5. The lowest BCUT2D eigenvalue weighted by Crippen LogP contribution is -2.43. The Balaban J connectivity index is 2.00. The van der Waals surface area contributed by atoms with E-state index >= 15 is 0 Å². The monoisotopic (exact) mass is 360 g/mol. The maximum atomic E-state index is 12.5. The van der Waals surface area contributed by atoms with Crippen LogP contribution in [0.2, 0.25) is 0 Å². The van der Waals surface area contributed by atoms with Crippen molar-refractivity contribution in [2.24, 2.45) is 11.8 Å². The van der Waals surface area contributed by atoms with Gasteiger partial charge in [0.15, 0.2) is 5.60 Å². The van der Waals surface area contributed by atoms with Gasteiger partial charge in [0.25, 0.3) is 0 Å². The van der Waals surface area contributed by atoms with E-state index in [0.29, 0.717) is 17.8 Å². The molecule has 6 heteroatoms. The molecule has 0 aromatic heterocycles. The molecular formula is C20H24O6. The molecule has 0 saturated carbocycles. The van der Waals surface area contributed by atoms with Crippen molar-refractivity contribution in [3.05, 3.63) is 35.6 Å². The first kappa shape index (κ1) is 18.4. The standard InChI is InChI=1S/C20H24O6/c1-6-10(2)18(22)25-15-9-20(5)16(21)8-13(26-20)11(3)7-14-17(15)12(4)19(23)24-14/h6,8,11,14-15,17H,4,7,9H2,1-3,5H3/b10-6-/t11-,14-,15-,17+,20+/m1/s1.